The topological polar surface area (TPSA) is 86.8 Å². The summed E-state index contributed by atoms with van der Waals surface area (Å²) >= 11 is 18.5. The van der Waals surface area contributed by atoms with Gasteiger partial charge in [0.2, 0.25) is 21.8 Å². The van der Waals surface area contributed by atoms with Gasteiger partial charge < -0.3 is 10.2 Å². The van der Waals surface area contributed by atoms with Crippen LogP contribution in [0.2, 0.25) is 15.1 Å². The minimum atomic E-state index is -3.97. The lowest BCUT2D eigenvalue weighted by Gasteiger charge is -2.31. The normalized spacial score (nSPS) is 13.4. The van der Waals surface area contributed by atoms with Crippen LogP contribution in [0.1, 0.15) is 32.8 Å². The predicted molar refractivity (Wildman–Crippen MR) is 136 cm³/mol. The maximum Gasteiger partial charge on any atom is 0.243 e. The Morgan fingerprint density at radius 3 is 2.09 bits per heavy atom. The quantitative estimate of drug-likeness (QED) is 0.470. The van der Waals surface area contributed by atoms with Crippen molar-refractivity contribution in [1.82, 2.24) is 14.5 Å². The number of likely N-dealkylation sites (N-methyl/N-ethyl adjacent to an activating group) is 1. The van der Waals surface area contributed by atoms with Crippen molar-refractivity contribution < 1.29 is 18.0 Å². The maximum absolute atomic E-state index is 13.3. The van der Waals surface area contributed by atoms with E-state index in [2.05, 4.69) is 5.32 Å². The van der Waals surface area contributed by atoms with Crippen LogP contribution in [0.15, 0.2) is 47.4 Å². The highest BCUT2D eigenvalue weighted by Crippen LogP contribution is 2.27. The van der Waals surface area contributed by atoms with Crippen LogP contribution in [0, 0.1) is 0 Å². The van der Waals surface area contributed by atoms with E-state index in [-0.39, 0.29) is 23.4 Å². The van der Waals surface area contributed by atoms with Gasteiger partial charge in [0.15, 0.2) is 0 Å². The number of rotatable bonds is 10. The molecule has 0 fully saturated rings. The average Bonchev–Trinajstić information content (AvgIpc) is 2.78. The van der Waals surface area contributed by atoms with E-state index in [0.717, 1.165) is 4.31 Å². The summed E-state index contributed by atoms with van der Waals surface area (Å²) in [5, 5.41) is 3.91. The van der Waals surface area contributed by atoms with Crippen LogP contribution in [0.4, 0.5) is 0 Å². The third-order valence-electron chi connectivity index (χ3n) is 5.44. The number of hydrogen-bond acceptors (Lipinski definition) is 4. The number of nitrogens with one attached hydrogen (secondary N) is 1. The summed E-state index contributed by atoms with van der Waals surface area (Å²) in [4.78, 5) is 27.5. The smallest absolute Gasteiger partial charge is 0.243 e. The van der Waals surface area contributed by atoms with Crippen molar-refractivity contribution in [3.05, 3.63) is 63.1 Å². The lowest BCUT2D eigenvalue weighted by Crippen LogP contribution is -2.52. The Morgan fingerprint density at radius 1 is 1.00 bits per heavy atom. The second-order valence-electron chi connectivity index (χ2n) is 7.93. The highest BCUT2D eigenvalue weighted by atomic mass is 35.5. The van der Waals surface area contributed by atoms with Crippen LogP contribution >= 0.6 is 34.8 Å². The summed E-state index contributed by atoms with van der Waals surface area (Å²) in [5.41, 5.74) is 0.464. The van der Waals surface area contributed by atoms with Gasteiger partial charge in [-0.25, -0.2) is 8.42 Å². The van der Waals surface area contributed by atoms with Crippen LogP contribution in [0.25, 0.3) is 0 Å². The minimum Gasteiger partial charge on any atom is -0.352 e. The predicted octanol–water partition coefficient (Wildman–Crippen LogP) is 4.60. The molecular weight excluding hydrogens is 521 g/mol. The third-order valence-corrected chi connectivity index (χ3v) is 8.22. The molecule has 2 aromatic rings. The van der Waals surface area contributed by atoms with Gasteiger partial charge in [-0.2, -0.15) is 4.31 Å². The summed E-state index contributed by atoms with van der Waals surface area (Å²) in [5.74, 6) is -0.947. The summed E-state index contributed by atoms with van der Waals surface area (Å²) in [6.45, 7) is 4.80. The molecule has 0 spiro atoms. The summed E-state index contributed by atoms with van der Waals surface area (Å²) < 4.78 is 26.8. The lowest BCUT2D eigenvalue weighted by molar-refractivity contribution is -0.140. The first-order valence-electron chi connectivity index (χ1n) is 10.6. The monoisotopic (exact) mass is 547 g/mol. The van der Waals surface area contributed by atoms with Gasteiger partial charge in [0.25, 0.3) is 0 Å². The Labute approximate surface area is 216 Å². The van der Waals surface area contributed by atoms with Crippen molar-refractivity contribution in [3.63, 3.8) is 0 Å². The number of hydrogen-bond donors (Lipinski definition) is 1. The molecule has 0 bridgehead atoms. The molecule has 0 unspecified atom stereocenters. The second kappa shape index (κ2) is 12.2. The summed E-state index contributed by atoms with van der Waals surface area (Å²) in [7, 11) is -2.67. The Kier molecular flexibility index (Phi) is 10.2. The van der Waals surface area contributed by atoms with Gasteiger partial charge in [0.05, 0.1) is 11.4 Å². The largest absolute Gasteiger partial charge is 0.352 e. The molecule has 0 aliphatic rings. The molecule has 0 radical (unpaired) electrons. The number of sulfonamides is 1. The van der Waals surface area contributed by atoms with Crippen molar-refractivity contribution in [2.45, 2.75) is 50.7 Å². The number of amides is 2. The van der Waals surface area contributed by atoms with Gasteiger partial charge in [0.1, 0.15) is 6.04 Å². The van der Waals surface area contributed by atoms with E-state index in [4.69, 9.17) is 34.8 Å². The van der Waals surface area contributed by atoms with Gasteiger partial charge in [-0.3, -0.25) is 9.59 Å². The van der Waals surface area contributed by atoms with E-state index >= 15 is 0 Å². The van der Waals surface area contributed by atoms with Gasteiger partial charge in [-0.05, 0) is 56.7 Å². The lowest BCUT2D eigenvalue weighted by atomic mass is 10.1. The van der Waals surface area contributed by atoms with Gasteiger partial charge in [0, 0.05) is 40.3 Å². The maximum atomic E-state index is 13.3. The fraction of sp³-hybridized carbons (Fsp3) is 0.391. The van der Waals surface area contributed by atoms with Gasteiger partial charge in [-0.1, -0.05) is 47.8 Å². The highest BCUT2D eigenvalue weighted by Gasteiger charge is 2.31. The number of carbonyl (C=O) groups excluding carboxylic acids is 2. The Balaban J connectivity index is 2.34. The first kappa shape index (κ1) is 28.4. The summed E-state index contributed by atoms with van der Waals surface area (Å²) in [6.07, 6.45) is 0.713. The first-order chi connectivity index (χ1) is 15.9. The molecule has 2 aromatic carbocycles. The van der Waals surface area contributed by atoms with E-state index in [0.29, 0.717) is 27.1 Å². The second-order valence-corrected chi connectivity index (χ2v) is 11.2. The van der Waals surface area contributed by atoms with Crippen molar-refractivity contribution in [2.24, 2.45) is 0 Å². The molecule has 0 saturated heterocycles. The van der Waals surface area contributed by atoms with Crippen LogP contribution in [-0.2, 0) is 26.2 Å². The van der Waals surface area contributed by atoms with Gasteiger partial charge in [-0.15, -0.1) is 0 Å². The molecule has 0 aromatic heterocycles. The van der Waals surface area contributed by atoms with Crippen LogP contribution in [0.3, 0.4) is 0 Å². The molecule has 0 aliphatic carbocycles. The molecule has 1 N–H and O–H groups in total. The van der Waals surface area contributed by atoms with Crippen molar-refractivity contribution in [2.75, 3.05) is 13.6 Å². The number of carbonyl (C=O) groups is 2. The molecule has 0 heterocycles. The molecule has 186 valence electrons. The van der Waals surface area contributed by atoms with E-state index in [1.165, 1.54) is 36.2 Å². The van der Waals surface area contributed by atoms with Gasteiger partial charge >= 0.3 is 0 Å². The van der Waals surface area contributed by atoms with E-state index in [9.17, 15) is 18.0 Å². The van der Waals surface area contributed by atoms with Crippen LogP contribution < -0.4 is 5.32 Å². The first-order valence-corrected chi connectivity index (χ1v) is 13.2. The molecule has 2 amide bonds. The average molecular weight is 549 g/mol. The Morgan fingerprint density at radius 2 is 1.56 bits per heavy atom. The molecule has 0 saturated carbocycles. The van der Waals surface area contributed by atoms with E-state index < -0.39 is 28.5 Å². The summed E-state index contributed by atoms with van der Waals surface area (Å²) in [6, 6.07) is 9.58. The third kappa shape index (κ3) is 7.09. The number of nitrogens with zero attached hydrogens (tertiary/aromatic N) is 2. The molecule has 2 rings (SSSR count). The van der Waals surface area contributed by atoms with Crippen LogP contribution in [-0.4, -0.2) is 55.1 Å². The SMILES string of the molecule is CC[C@H](C)NC(=O)[C@@H](C)N(Cc1c(Cl)cccc1Cl)C(=O)CN(C)S(=O)(=O)c1ccc(Cl)cc1. The Hall–Kier alpha value is -1.84. The zero-order valence-corrected chi connectivity index (χ0v) is 22.5. The molecule has 0 aliphatic heterocycles. The fourth-order valence-corrected chi connectivity index (χ4v) is 4.82. The Bertz CT molecular complexity index is 1110. The molecule has 11 heteroatoms. The zero-order chi connectivity index (χ0) is 25.6. The van der Waals surface area contributed by atoms with E-state index in [1.54, 1.807) is 25.1 Å². The molecule has 34 heavy (non-hydrogen) atoms. The minimum absolute atomic E-state index is 0.00420. The number of benzene rings is 2. The standard InChI is InChI=1S/C23H28Cl3N3O4S/c1-5-15(2)27-23(31)16(3)29(13-19-20(25)7-6-8-21(19)26)22(30)14-28(4)34(32,33)18-11-9-17(24)10-12-18/h6-12,15-16H,5,13-14H2,1-4H3,(H,27,31)/t15-,16+/m0/s1. The number of halogens is 3. The molecule has 7 nitrogen and oxygen atoms in total. The molecule has 2 atom stereocenters. The molecular formula is C23H28Cl3N3O4S. The van der Waals surface area contributed by atoms with Crippen LogP contribution in [0.5, 0.6) is 0 Å². The van der Waals surface area contributed by atoms with Crippen molar-refractivity contribution in [1.29, 1.82) is 0 Å². The fourth-order valence-electron chi connectivity index (χ4n) is 3.05. The van der Waals surface area contributed by atoms with Crippen molar-refractivity contribution in [3.8, 4) is 0 Å². The zero-order valence-electron chi connectivity index (χ0n) is 19.4. The van der Waals surface area contributed by atoms with Crippen molar-refractivity contribution >= 4 is 56.6 Å². The highest BCUT2D eigenvalue weighted by molar-refractivity contribution is 7.89. The van der Waals surface area contributed by atoms with E-state index in [1.807, 2.05) is 13.8 Å².